The minimum Gasteiger partial charge on any atom is -0.330 e. The van der Waals surface area contributed by atoms with Gasteiger partial charge in [-0.3, -0.25) is 0 Å². The predicted molar refractivity (Wildman–Crippen MR) is 64.6 cm³/mol. The summed E-state index contributed by atoms with van der Waals surface area (Å²) in [4.78, 5) is -0.271. The molecule has 0 saturated carbocycles. The molecule has 0 radical (unpaired) electrons. The molecule has 1 aromatic rings. The molecule has 0 amide bonds. The Hall–Kier alpha value is -0.980. The van der Waals surface area contributed by atoms with E-state index in [1.54, 1.807) is 13.0 Å². The highest BCUT2D eigenvalue weighted by molar-refractivity contribution is 7.89. The summed E-state index contributed by atoms with van der Waals surface area (Å²) >= 11 is 0. The molecule has 3 N–H and O–H groups in total. The standard InChI is InChI=1S/C11H17FN2O2S/c1-9-5-4-6-10(12)11(9)17(15,16)14-8-3-2-7-13/h4-6,14H,2-3,7-8,13H2,1H3. The Balaban J connectivity index is 2.83. The molecule has 4 nitrogen and oxygen atoms in total. The van der Waals surface area contributed by atoms with Gasteiger partial charge in [-0.2, -0.15) is 0 Å². The van der Waals surface area contributed by atoms with Crippen LogP contribution in [0.15, 0.2) is 23.1 Å². The third kappa shape index (κ3) is 3.76. The van der Waals surface area contributed by atoms with Gasteiger partial charge in [-0.15, -0.1) is 0 Å². The zero-order valence-electron chi connectivity index (χ0n) is 9.74. The Morgan fingerprint density at radius 3 is 2.65 bits per heavy atom. The first-order valence-electron chi connectivity index (χ1n) is 5.44. The fourth-order valence-electron chi connectivity index (χ4n) is 1.51. The number of sulfonamides is 1. The van der Waals surface area contributed by atoms with Gasteiger partial charge < -0.3 is 5.73 Å². The van der Waals surface area contributed by atoms with E-state index in [2.05, 4.69) is 4.72 Å². The van der Waals surface area contributed by atoms with Crippen LogP contribution >= 0.6 is 0 Å². The van der Waals surface area contributed by atoms with Crippen LogP contribution in [0.25, 0.3) is 0 Å². The molecular weight excluding hydrogens is 243 g/mol. The number of benzene rings is 1. The van der Waals surface area contributed by atoms with Gasteiger partial charge in [0.2, 0.25) is 10.0 Å². The van der Waals surface area contributed by atoms with Crippen molar-refractivity contribution >= 4 is 10.0 Å². The van der Waals surface area contributed by atoms with Crippen LogP contribution in [0.3, 0.4) is 0 Å². The first-order chi connectivity index (χ1) is 7.99. The van der Waals surface area contributed by atoms with E-state index in [0.29, 0.717) is 18.5 Å². The highest BCUT2D eigenvalue weighted by Gasteiger charge is 2.20. The van der Waals surface area contributed by atoms with E-state index in [-0.39, 0.29) is 11.4 Å². The number of halogens is 1. The lowest BCUT2D eigenvalue weighted by Crippen LogP contribution is -2.26. The number of hydrogen-bond acceptors (Lipinski definition) is 3. The van der Waals surface area contributed by atoms with E-state index in [1.807, 2.05) is 0 Å². The van der Waals surface area contributed by atoms with Crippen LogP contribution < -0.4 is 10.5 Å². The van der Waals surface area contributed by atoms with Crippen molar-refractivity contribution in [2.24, 2.45) is 5.73 Å². The summed E-state index contributed by atoms with van der Waals surface area (Å²) in [5.41, 5.74) is 5.70. The van der Waals surface area contributed by atoms with E-state index < -0.39 is 15.8 Å². The molecule has 0 aliphatic carbocycles. The Bertz CT molecular complexity index is 454. The van der Waals surface area contributed by atoms with Crippen LogP contribution in [-0.2, 0) is 10.0 Å². The molecule has 0 saturated heterocycles. The summed E-state index contributed by atoms with van der Waals surface area (Å²) in [5.74, 6) is -0.726. The zero-order chi connectivity index (χ0) is 12.9. The minimum absolute atomic E-state index is 0.271. The lowest BCUT2D eigenvalue weighted by molar-refractivity contribution is 0.552. The maximum Gasteiger partial charge on any atom is 0.243 e. The molecule has 0 aliphatic rings. The van der Waals surface area contributed by atoms with E-state index in [9.17, 15) is 12.8 Å². The fraction of sp³-hybridized carbons (Fsp3) is 0.455. The molecule has 0 unspecified atom stereocenters. The minimum atomic E-state index is -3.77. The molecule has 6 heteroatoms. The van der Waals surface area contributed by atoms with Gasteiger partial charge in [-0.25, -0.2) is 17.5 Å². The Morgan fingerprint density at radius 1 is 1.35 bits per heavy atom. The molecule has 1 aromatic carbocycles. The normalized spacial score (nSPS) is 11.7. The van der Waals surface area contributed by atoms with Crippen molar-refractivity contribution in [1.82, 2.24) is 4.72 Å². The highest BCUT2D eigenvalue weighted by Crippen LogP contribution is 2.18. The smallest absolute Gasteiger partial charge is 0.243 e. The van der Waals surface area contributed by atoms with Gasteiger partial charge in [0.25, 0.3) is 0 Å². The van der Waals surface area contributed by atoms with Crippen LogP contribution in [0.2, 0.25) is 0 Å². The molecule has 17 heavy (non-hydrogen) atoms. The Morgan fingerprint density at radius 2 is 2.06 bits per heavy atom. The summed E-state index contributed by atoms with van der Waals surface area (Å²) in [6, 6.07) is 4.19. The van der Waals surface area contributed by atoms with Crippen molar-refractivity contribution < 1.29 is 12.8 Å². The fourth-order valence-corrected chi connectivity index (χ4v) is 2.88. The molecule has 0 spiro atoms. The number of hydrogen-bond donors (Lipinski definition) is 2. The second kappa shape index (κ2) is 6.09. The molecule has 0 bridgehead atoms. The van der Waals surface area contributed by atoms with Crippen LogP contribution in [-0.4, -0.2) is 21.5 Å². The predicted octanol–water partition coefficient (Wildman–Crippen LogP) is 1.15. The molecule has 0 aliphatic heterocycles. The molecule has 0 aromatic heterocycles. The van der Waals surface area contributed by atoms with Crippen molar-refractivity contribution in [3.63, 3.8) is 0 Å². The SMILES string of the molecule is Cc1cccc(F)c1S(=O)(=O)NCCCCN. The second-order valence-corrected chi connectivity index (χ2v) is 5.48. The van der Waals surface area contributed by atoms with Gasteiger partial charge in [0, 0.05) is 6.54 Å². The summed E-state index contributed by atoms with van der Waals surface area (Å²) in [7, 11) is -3.77. The number of nitrogens with two attached hydrogens (primary N) is 1. The average molecular weight is 260 g/mol. The van der Waals surface area contributed by atoms with Crippen LogP contribution in [0, 0.1) is 12.7 Å². The quantitative estimate of drug-likeness (QED) is 0.754. The lowest BCUT2D eigenvalue weighted by atomic mass is 10.2. The van der Waals surface area contributed by atoms with Crippen molar-refractivity contribution in [1.29, 1.82) is 0 Å². The third-order valence-electron chi connectivity index (χ3n) is 2.36. The van der Waals surface area contributed by atoms with Crippen molar-refractivity contribution in [2.75, 3.05) is 13.1 Å². The average Bonchev–Trinajstić information content (AvgIpc) is 2.24. The summed E-state index contributed by atoms with van der Waals surface area (Å²) < 4.78 is 39.6. The van der Waals surface area contributed by atoms with Crippen LogP contribution in [0.1, 0.15) is 18.4 Å². The Labute approximate surface area is 101 Å². The van der Waals surface area contributed by atoms with Crippen molar-refractivity contribution in [3.05, 3.63) is 29.6 Å². The maximum atomic E-state index is 13.5. The molecule has 0 fully saturated rings. The van der Waals surface area contributed by atoms with Gasteiger partial charge in [-0.1, -0.05) is 12.1 Å². The van der Waals surface area contributed by atoms with Gasteiger partial charge in [-0.05, 0) is 37.9 Å². The molecule has 96 valence electrons. The van der Waals surface area contributed by atoms with Crippen LogP contribution in [0.4, 0.5) is 4.39 Å². The van der Waals surface area contributed by atoms with E-state index >= 15 is 0 Å². The summed E-state index contributed by atoms with van der Waals surface area (Å²) in [5, 5.41) is 0. The maximum absolute atomic E-state index is 13.5. The lowest BCUT2D eigenvalue weighted by Gasteiger charge is -2.09. The van der Waals surface area contributed by atoms with E-state index in [4.69, 9.17) is 5.73 Å². The first-order valence-corrected chi connectivity index (χ1v) is 6.92. The highest BCUT2D eigenvalue weighted by atomic mass is 32.2. The van der Waals surface area contributed by atoms with Crippen molar-refractivity contribution in [3.8, 4) is 0 Å². The van der Waals surface area contributed by atoms with Gasteiger partial charge in [0.15, 0.2) is 0 Å². The van der Waals surface area contributed by atoms with Crippen molar-refractivity contribution in [2.45, 2.75) is 24.7 Å². The number of aryl methyl sites for hydroxylation is 1. The summed E-state index contributed by atoms with van der Waals surface area (Å²) in [6.45, 7) is 2.35. The number of unbranched alkanes of at least 4 members (excludes halogenated alkanes) is 1. The summed E-state index contributed by atoms with van der Waals surface area (Å²) in [6.07, 6.45) is 1.38. The number of nitrogens with one attached hydrogen (secondary N) is 1. The molecule has 0 heterocycles. The van der Waals surface area contributed by atoms with Gasteiger partial charge in [0.05, 0.1) is 0 Å². The second-order valence-electron chi connectivity index (χ2n) is 3.78. The van der Waals surface area contributed by atoms with E-state index in [1.165, 1.54) is 6.07 Å². The largest absolute Gasteiger partial charge is 0.330 e. The third-order valence-corrected chi connectivity index (χ3v) is 3.99. The molecule has 0 atom stereocenters. The van der Waals surface area contributed by atoms with E-state index in [0.717, 1.165) is 12.5 Å². The van der Waals surface area contributed by atoms with Crippen LogP contribution in [0.5, 0.6) is 0 Å². The monoisotopic (exact) mass is 260 g/mol. The topological polar surface area (TPSA) is 72.2 Å². The van der Waals surface area contributed by atoms with Gasteiger partial charge in [0.1, 0.15) is 10.7 Å². The molecule has 1 rings (SSSR count). The first kappa shape index (κ1) is 14.1. The Kier molecular flexibility index (Phi) is 5.04. The zero-order valence-corrected chi connectivity index (χ0v) is 10.6. The number of rotatable bonds is 6. The molecular formula is C11H17FN2O2S. The van der Waals surface area contributed by atoms with Gasteiger partial charge >= 0.3 is 0 Å².